The summed E-state index contributed by atoms with van der Waals surface area (Å²) in [6.45, 7) is 6.19. The van der Waals surface area contributed by atoms with E-state index in [9.17, 15) is 0 Å². The smallest absolute Gasteiger partial charge is 0.120 e. The molecule has 0 saturated heterocycles. The van der Waals surface area contributed by atoms with E-state index in [2.05, 4.69) is 33.9 Å². The average molecular weight is 294 g/mol. The van der Waals surface area contributed by atoms with Crippen LogP contribution in [0.1, 0.15) is 26.3 Å². The van der Waals surface area contributed by atoms with Crippen LogP contribution >= 0.6 is 15.9 Å². The molecule has 17 heavy (non-hydrogen) atoms. The van der Waals surface area contributed by atoms with Gasteiger partial charge in [-0.2, -0.15) is 0 Å². The molecule has 0 bridgehead atoms. The lowest BCUT2D eigenvalue weighted by atomic mass is 10.1. The first-order chi connectivity index (χ1) is 8.10. The van der Waals surface area contributed by atoms with Gasteiger partial charge in [0, 0.05) is 5.39 Å². The minimum atomic E-state index is 0.196. The van der Waals surface area contributed by atoms with Gasteiger partial charge in [0.15, 0.2) is 0 Å². The molecule has 2 rings (SSSR count). The number of rotatable bonds is 3. The zero-order valence-electron chi connectivity index (χ0n) is 10.3. The first-order valence-corrected chi connectivity index (χ1v) is 6.65. The predicted octanol–water partition coefficient (Wildman–Crippen LogP) is 4.35. The number of ether oxygens (including phenoxy) is 1. The minimum absolute atomic E-state index is 0.196. The first kappa shape index (κ1) is 12.4. The van der Waals surface area contributed by atoms with E-state index in [1.165, 1.54) is 5.56 Å². The zero-order chi connectivity index (χ0) is 12.4. The number of fused-ring (bicyclic) bond motifs is 1. The third kappa shape index (κ3) is 2.78. The largest absolute Gasteiger partial charge is 0.491 e. The average Bonchev–Trinajstić information content (AvgIpc) is 2.28. The van der Waals surface area contributed by atoms with Gasteiger partial charge in [-0.15, -0.1) is 0 Å². The van der Waals surface area contributed by atoms with Gasteiger partial charge in [0.1, 0.15) is 10.4 Å². The SMILES string of the molecule is CCc1cc2cc(OC(C)C)ccc2nc1Br. The Morgan fingerprint density at radius 2 is 2.06 bits per heavy atom. The summed E-state index contributed by atoms with van der Waals surface area (Å²) in [7, 11) is 0. The molecule has 1 heterocycles. The fourth-order valence-electron chi connectivity index (χ4n) is 1.77. The predicted molar refractivity (Wildman–Crippen MR) is 74.6 cm³/mol. The standard InChI is InChI=1S/C14H16BrNO/c1-4-10-7-11-8-12(17-9(2)3)5-6-13(11)16-14(10)15/h5-9H,4H2,1-3H3. The third-order valence-corrected chi connectivity index (χ3v) is 3.25. The van der Waals surface area contributed by atoms with Gasteiger partial charge < -0.3 is 4.74 Å². The molecule has 0 amide bonds. The van der Waals surface area contributed by atoms with Crippen LogP contribution in [0.25, 0.3) is 10.9 Å². The van der Waals surface area contributed by atoms with Crippen LogP contribution in [0.2, 0.25) is 0 Å². The Morgan fingerprint density at radius 1 is 1.29 bits per heavy atom. The van der Waals surface area contributed by atoms with E-state index < -0.39 is 0 Å². The maximum atomic E-state index is 5.69. The lowest BCUT2D eigenvalue weighted by Gasteiger charge is -2.11. The normalized spacial score (nSPS) is 11.1. The van der Waals surface area contributed by atoms with Gasteiger partial charge in [-0.05, 0) is 66.0 Å². The van der Waals surface area contributed by atoms with Crippen LogP contribution in [0.3, 0.4) is 0 Å². The van der Waals surface area contributed by atoms with Gasteiger partial charge in [-0.1, -0.05) is 6.92 Å². The summed E-state index contributed by atoms with van der Waals surface area (Å²) in [5.74, 6) is 0.902. The van der Waals surface area contributed by atoms with Gasteiger partial charge in [-0.25, -0.2) is 4.98 Å². The molecule has 0 saturated carbocycles. The summed E-state index contributed by atoms with van der Waals surface area (Å²) in [6, 6.07) is 8.18. The molecule has 0 radical (unpaired) electrons. The summed E-state index contributed by atoms with van der Waals surface area (Å²) >= 11 is 3.49. The molecule has 3 heteroatoms. The van der Waals surface area contributed by atoms with E-state index in [0.717, 1.165) is 27.7 Å². The number of hydrogen-bond acceptors (Lipinski definition) is 2. The molecule has 0 aliphatic heterocycles. The van der Waals surface area contributed by atoms with Crippen molar-refractivity contribution in [2.75, 3.05) is 0 Å². The number of nitrogens with zero attached hydrogens (tertiary/aromatic N) is 1. The molecular weight excluding hydrogens is 278 g/mol. The molecule has 0 N–H and O–H groups in total. The Hall–Kier alpha value is -1.09. The highest BCUT2D eigenvalue weighted by Gasteiger charge is 2.05. The molecule has 2 aromatic rings. The van der Waals surface area contributed by atoms with E-state index in [1.54, 1.807) is 0 Å². The maximum absolute atomic E-state index is 5.69. The molecule has 1 aromatic carbocycles. The van der Waals surface area contributed by atoms with Crippen LogP contribution in [-0.4, -0.2) is 11.1 Å². The van der Waals surface area contributed by atoms with E-state index in [4.69, 9.17) is 4.74 Å². The van der Waals surface area contributed by atoms with Crippen molar-refractivity contribution in [3.05, 3.63) is 34.4 Å². The molecule has 0 unspecified atom stereocenters. The lowest BCUT2D eigenvalue weighted by Crippen LogP contribution is -2.05. The Labute approximate surface area is 110 Å². The van der Waals surface area contributed by atoms with Crippen molar-refractivity contribution >= 4 is 26.8 Å². The van der Waals surface area contributed by atoms with Gasteiger partial charge >= 0.3 is 0 Å². The molecular formula is C14H16BrNO. The Morgan fingerprint density at radius 3 is 2.71 bits per heavy atom. The number of benzene rings is 1. The van der Waals surface area contributed by atoms with Crippen molar-refractivity contribution < 1.29 is 4.74 Å². The molecule has 2 nitrogen and oxygen atoms in total. The summed E-state index contributed by atoms with van der Waals surface area (Å²) < 4.78 is 6.62. The van der Waals surface area contributed by atoms with E-state index in [-0.39, 0.29) is 6.10 Å². The quantitative estimate of drug-likeness (QED) is 0.785. The fraction of sp³-hybridized carbons (Fsp3) is 0.357. The Bertz CT molecular complexity index is 537. The summed E-state index contributed by atoms with van der Waals surface area (Å²) in [5.41, 5.74) is 2.21. The van der Waals surface area contributed by atoms with E-state index in [1.807, 2.05) is 32.0 Å². The second-order valence-electron chi connectivity index (χ2n) is 4.31. The second-order valence-corrected chi connectivity index (χ2v) is 5.06. The van der Waals surface area contributed by atoms with Crippen molar-refractivity contribution in [3.8, 4) is 5.75 Å². The highest BCUT2D eigenvalue weighted by molar-refractivity contribution is 9.10. The van der Waals surface area contributed by atoms with Gasteiger partial charge in [0.2, 0.25) is 0 Å². The zero-order valence-corrected chi connectivity index (χ0v) is 11.9. The molecule has 0 atom stereocenters. The number of pyridine rings is 1. The lowest BCUT2D eigenvalue weighted by molar-refractivity contribution is 0.243. The van der Waals surface area contributed by atoms with Crippen molar-refractivity contribution in [2.45, 2.75) is 33.3 Å². The molecule has 0 aliphatic carbocycles. The van der Waals surface area contributed by atoms with Crippen LogP contribution in [0.4, 0.5) is 0 Å². The topological polar surface area (TPSA) is 22.1 Å². The van der Waals surface area contributed by atoms with Crippen LogP contribution in [0, 0.1) is 0 Å². The second kappa shape index (κ2) is 5.05. The minimum Gasteiger partial charge on any atom is -0.491 e. The number of aromatic nitrogens is 1. The number of halogens is 1. The first-order valence-electron chi connectivity index (χ1n) is 5.86. The number of hydrogen-bond donors (Lipinski definition) is 0. The Kier molecular flexibility index (Phi) is 3.67. The van der Waals surface area contributed by atoms with Crippen LogP contribution in [0.15, 0.2) is 28.9 Å². The molecule has 0 spiro atoms. The summed E-state index contributed by atoms with van der Waals surface area (Å²) in [4.78, 5) is 4.53. The molecule has 1 aromatic heterocycles. The third-order valence-electron chi connectivity index (χ3n) is 2.57. The van der Waals surface area contributed by atoms with Crippen molar-refractivity contribution in [3.63, 3.8) is 0 Å². The van der Waals surface area contributed by atoms with Gasteiger partial charge in [-0.3, -0.25) is 0 Å². The van der Waals surface area contributed by atoms with E-state index in [0.29, 0.717) is 0 Å². The van der Waals surface area contributed by atoms with Crippen molar-refractivity contribution in [1.82, 2.24) is 4.98 Å². The summed E-state index contributed by atoms with van der Waals surface area (Å²) in [5, 5.41) is 1.13. The van der Waals surface area contributed by atoms with Crippen LogP contribution in [-0.2, 0) is 6.42 Å². The van der Waals surface area contributed by atoms with Crippen LogP contribution < -0.4 is 4.74 Å². The Balaban J connectivity index is 2.49. The van der Waals surface area contributed by atoms with Crippen molar-refractivity contribution in [2.24, 2.45) is 0 Å². The monoisotopic (exact) mass is 293 g/mol. The van der Waals surface area contributed by atoms with Gasteiger partial charge in [0.05, 0.1) is 11.6 Å². The molecule has 0 fully saturated rings. The van der Waals surface area contributed by atoms with Crippen LogP contribution in [0.5, 0.6) is 5.75 Å². The highest BCUT2D eigenvalue weighted by atomic mass is 79.9. The number of aryl methyl sites for hydroxylation is 1. The molecule has 0 aliphatic rings. The van der Waals surface area contributed by atoms with Gasteiger partial charge in [0.25, 0.3) is 0 Å². The van der Waals surface area contributed by atoms with E-state index >= 15 is 0 Å². The fourth-order valence-corrected chi connectivity index (χ4v) is 2.35. The highest BCUT2D eigenvalue weighted by Crippen LogP contribution is 2.25. The maximum Gasteiger partial charge on any atom is 0.120 e. The molecule has 90 valence electrons. The van der Waals surface area contributed by atoms with Crippen molar-refractivity contribution in [1.29, 1.82) is 0 Å². The summed E-state index contributed by atoms with van der Waals surface area (Å²) in [6.07, 6.45) is 1.17.